The number of benzene rings is 2. The van der Waals surface area contributed by atoms with Crippen LogP contribution in [-0.2, 0) is 0 Å². The van der Waals surface area contributed by atoms with Crippen LogP contribution in [0.1, 0.15) is 30.2 Å². The topological polar surface area (TPSA) is 32.3 Å². The van der Waals surface area contributed by atoms with Crippen LogP contribution in [0.25, 0.3) is 0 Å². The van der Waals surface area contributed by atoms with Crippen molar-refractivity contribution >= 4 is 11.6 Å². The Morgan fingerprint density at radius 1 is 1.05 bits per heavy atom. The van der Waals surface area contributed by atoms with Crippen molar-refractivity contribution in [1.82, 2.24) is 5.32 Å². The Labute approximate surface area is 123 Å². The molecule has 0 amide bonds. The highest BCUT2D eigenvalue weighted by Crippen LogP contribution is 2.18. The van der Waals surface area contributed by atoms with E-state index in [2.05, 4.69) is 5.32 Å². The monoisotopic (exact) mass is 293 g/mol. The highest BCUT2D eigenvalue weighted by Gasteiger charge is 2.10. The maximum Gasteiger partial charge on any atom is 0.123 e. The van der Waals surface area contributed by atoms with Crippen molar-refractivity contribution in [2.45, 2.75) is 19.1 Å². The highest BCUT2D eigenvalue weighted by atomic mass is 35.5. The van der Waals surface area contributed by atoms with Crippen molar-refractivity contribution in [3.63, 3.8) is 0 Å². The van der Waals surface area contributed by atoms with Gasteiger partial charge in [0.15, 0.2) is 0 Å². The van der Waals surface area contributed by atoms with Crippen molar-refractivity contribution in [3.05, 3.63) is 70.5 Å². The van der Waals surface area contributed by atoms with E-state index in [0.717, 1.165) is 5.56 Å². The summed E-state index contributed by atoms with van der Waals surface area (Å²) < 4.78 is 12.8. The lowest BCUT2D eigenvalue weighted by atomic mass is 10.1. The Balaban J connectivity index is 1.91. The third-order valence-electron chi connectivity index (χ3n) is 3.24. The second-order valence-electron chi connectivity index (χ2n) is 4.75. The lowest BCUT2D eigenvalue weighted by Gasteiger charge is -2.18. The summed E-state index contributed by atoms with van der Waals surface area (Å²) in [4.78, 5) is 0. The SMILES string of the molecule is C[C@@H](NCC(O)c1ccc(F)cc1)c1ccc(Cl)cc1. The van der Waals surface area contributed by atoms with Gasteiger partial charge < -0.3 is 10.4 Å². The first kappa shape index (κ1) is 15.0. The van der Waals surface area contributed by atoms with Gasteiger partial charge in [0.05, 0.1) is 6.10 Å². The van der Waals surface area contributed by atoms with Gasteiger partial charge in [-0.2, -0.15) is 0 Å². The molecule has 20 heavy (non-hydrogen) atoms. The molecule has 0 aliphatic rings. The van der Waals surface area contributed by atoms with Gasteiger partial charge in [-0.3, -0.25) is 0 Å². The molecule has 0 fully saturated rings. The van der Waals surface area contributed by atoms with Crippen LogP contribution in [0.15, 0.2) is 48.5 Å². The minimum absolute atomic E-state index is 0.0994. The lowest BCUT2D eigenvalue weighted by molar-refractivity contribution is 0.170. The van der Waals surface area contributed by atoms with Crippen LogP contribution in [-0.4, -0.2) is 11.7 Å². The van der Waals surface area contributed by atoms with E-state index in [1.165, 1.54) is 12.1 Å². The van der Waals surface area contributed by atoms with E-state index in [-0.39, 0.29) is 11.9 Å². The van der Waals surface area contributed by atoms with E-state index in [9.17, 15) is 9.50 Å². The Morgan fingerprint density at radius 2 is 1.60 bits per heavy atom. The van der Waals surface area contributed by atoms with Gasteiger partial charge in [-0.1, -0.05) is 35.9 Å². The maximum absolute atomic E-state index is 12.8. The summed E-state index contributed by atoms with van der Waals surface area (Å²) in [5, 5.41) is 14.0. The fraction of sp³-hybridized carbons (Fsp3) is 0.250. The van der Waals surface area contributed by atoms with Gasteiger partial charge >= 0.3 is 0 Å². The average Bonchev–Trinajstić information content (AvgIpc) is 2.46. The van der Waals surface area contributed by atoms with Gasteiger partial charge in [-0.05, 0) is 42.3 Å². The fourth-order valence-corrected chi connectivity index (χ4v) is 2.09. The second kappa shape index (κ2) is 6.84. The third kappa shape index (κ3) is 4.04. The van der Waals surface area contributed by atoms with Crippen LogP contribution < -0.4 is 5.32 Å². The van der Waals surface area contributed by atoms with Crippen LogP contribution in [0.3, 0.4) is 0 Å². The normalized spacial score (nSPS) is 14.0. The van der Waals surface area contributed by atoms with Crippen LogP contribution in [0.4, 0.5) is 4.39 Å². The molecule has 2 atom stereocenters. The van der Waals surface area contributed by atoms with Gasteiger partial charge in [0, 0.05) is 17.6 Å². The number of hydrogen-bond donors (Lipinski definition) is 2. The molecule has 2 nitrogen and oxygen atoms in total. The summed E-state index contributed by atoms with van der Waals surface area (Å²) in [6.45, 7) is 2.41. The standard InChI is InChI=1S/C16H17ClFNO/c1-11(12-2-6-14(17)7-3-12)19-10-16(20)13-4-8-15(18)9-5-13/h2-9,11,16,19-20H,10H2,1H3/t11-,16?/m1/s1. The number of aliphatic hydroxyl groups is 1. The molecule has 2 rings (SSSR count). The fourth-order valence-electron chi connectivity index (χ4n) is 1.96. The van der Waals surface area contributed by atoms with Gasteiger partial charge in [0.2, 0.25) is 0 Å². The molecule has 0 radical (unpaired) electrons. The Bertz CT molecular complexity index is 490. The predicted molar refractivity (Wildman–Crippen MR) is 79.2 cm³/mol. The molecular formula is C16H17ClFNO. The zero-order valence-electron chi connectivity index (χ0n) is 11.2. The number of halogens is 2. The van der Waals surface area contributed by atoms with E-state index >= 15 is 0 Å². The molecule has 0 aromatic heterocycles. The number of rotatable bonds is 5. The van der Waals surface area contributed by atoms with Crippen molar-refractivity contribution in [1.29, 1.82) is 0 Å². The van der Waals surface area contributed by atoms with Crippen molar-refractivity contribution in [3.8, 4) is 0 Å². The minimum Gasteiger partial charge on any atom is -0.387 e. The number of nitrogens with one attached hydrogen (secondary N) is 1. The van der Waals surface area contributed by atoms with Crippen molar-refractivity contribution in [2.24, 2.45) is 0 Å². The van der Waals surface area contributed by atoms with Crippen molar-refractivity contribution in [2.75, 3.05) is 6.54 Å². The highest BCUT2D eigenvalue weighted by molar-refractivity contribution is 6.30. The molecule has 4 heteroatoms. The zero-order valence-corrected chi connectivity index (χ0v) is 11.9. The van der Waals surface area contributed by atoms with Crippen LogP contribution in [0.2, 0.25) is 5.02 Å². The third-order valence-corrected chi connectivity index (χ3v) is 3.49. The number of aliphatic hydroxyl groups excluding tert-OH is 1. The first-order chi connectivity index (χ1) is 9.56. The molecule has 2 aromatic carbocycles. The molecule has 0 aliphatic carbocycles. The molecular weight excluding hydrogens is 277 g/mol. The first-order valence-electron chi connectivity index (χ1n) is 6.48. The summed E-state index contributed by atoms with van der Waals surface area (Å²) >= 11 is 5.85. The summed E-state index contributed by atoms with van der Waals surface area (Å²) in [5.41, 5.74) is 1.79. The van der Waals surface area contributed by atoms with Gasteiger partial charge in [-0.25, -0.2) is 4.39 Å². The molecule has 0 aliphatic heterocycles. The molecule has 2 N–H and O–H groups in total. The van der Waals surface area contributed by atoms with Crippen LogP contribution in [0, 0.1) is 5.82 Å². The molecule has 0 bridgehead atoms. The lowest BCUT2D eigenvalue weighted by Crippen LogP contribution is -2.24. The van der Waals surface area contributed by atoms with E-state index in [4.69, 9.17) is 11.6 Å². The van der Waals surface area contributed by atoms with Crippen LogP contribution in [0.5, 0.6) is 0 Å². The quantitative estimate of drug-likeness (QED) is 0.877. The van der Waals surface area contributed by atoms with E-state index in [0.29, 0.717) is 17.1 Å². The smallest absolute Gasteiger partial charge is 0.123 e. The van der Waals surface area contributed by atoms with E-state index in [1.54, 1.807) is 12.1 Å². The largest absolute Gasteiger partial charge is 0.387 e. The molecule has 1 unspecified atom stereocenters. The first-order valence-corrected chi connectivity index (χ1v) is 6.86. The average molecular weight is 294 g/mol. The summed E-state index contributed by atoms with van der Waals surface area (Å²) in [5.74, 6) is -0.302. The molecule has 0 spiro atoms. The van der Waals surface area contributed by atoms with Gasteiger partial charge in [0.25, 0.3) is 0 Å². The summed E-state index contributed by atoms with van der Waals surface area (Å²) in [6.07, 6.45) is -0.662. The molecule has 0 saturated heterocycles. The molecule has 2 aromatic rings. The summed E-state index contributed by atoms with van der Waals surface area (Å²) in [7, 11) is 0. The Hall–Kier alpha value is -1.42. The van der Waals surface area contributed by atoms with Gasteiger partial charge in [0.1, 0.15) is 5.82 Å². The molecule has 0 heterocycles. The summed E-state index contributed by atoms with van der Waals surface area (Å²) in [6, 6.07) is 13.6. The van der Waals surface area contributed by atoms with Crippen molar-refractivity contribution < 1.29 is 9.50 Å². The Morgan fingerprint density at radius 3 is 2.20 bits per heavy atom. The Kier molecular flexibility index (Phi) is 5.12. The van der Waals surface area contributed by atoms with E-state index in [1.807, 2.05) is 31.2 Å². The zero-order chi connectivity index (χ0) is 14.5. The maximum atomic E-state index is 12.8. The predicted octanol–water partition coefficient (Wildman–Crippen LogP) is 3.86. The van der Waals surface area contributed by atoms with Gasteiger partial charge in [-0.15, -0.1) is 0 Å². The minimum atomic E-state index is -0.662. The second-order valence-corrected chi connectivity index (χ2v) is 5.19. The molecule has 0 saturated carbocycles. The van der Waals surface area contributed by atoms with Crippen LogP contribution >= 0.6 is 11.6 Å². The number of hydrogen-bond acceptors (Lipinski definition) is 2. The molecule has 106 valence electrons. The van der Waals surface area contributed by atoms with E-state index < -0.39 is 6.10 Å².